The van der Waals surface area contributed by atoms with Gasteiger partial charge in [0.15, 0.2) is 0 Å². The zero-order valence-electron chi connectivity index (χ0n) is 8.38. The van der Waals surface area contributed by atoms with E-state index in [0.29, 0.717) is 0 Å². The summed E-state index contributed by atoms with van der Waals surface area (Å²) in [5.74, 6) is 0.226. The van der Waals surface area contributed by atoms with Crippen molar-refractivity contribution in [3.05, 3.63) is 24.3 Å². The van der Waals surface area contributed by atoms with E-state index in [1.54, 1.807) is 24.3 Å². The Morgan fingerprint density at radius 2 is 1.79 bits per heavy atom. The third kappa shape index (κ3) is 3.14. The van der Waals surface area contributed by atoms with E-state index in [4.69, 9.17) is 10.8 Å². The van der Waals surface area contributed by atoms with Crippen molar-refractivity contribution in [2.45, 2.75) is 25.9 Å². The molecule has 1 aromatic carbocycles. The minimum absolute atomic E-state index is 0.00352. The Morgan fingerprint density at radius 1 is 1.21 bits per heavy atom. The molecule has 0 aliphatic carbocycles. The number of phenols is 1. The molecule has 0 aliphatic rings. The molecular formula is C10H15N3O. The maximum atomic E-state index is 9.03. The fourth-order valence-corrected chi connectivity index (χ4v) is 0.782. The van der Waals surface area contributed by atoms with Crippen LogP contribution in [0.3, 0.4) is 0 Å². The van der Waals surface area contributed by atoms with Gasteiger partial charge in [-0.2, -0.15) is 10.2 Å². The first-order chi connectivity index (χ1) is 6.59. The van der Waals surface area contributed by atoms with E-state index in [-0.39, 0.29) is 17.8 Å². The molecule has 3 N–H and O–H groups in total. The fraction of sp³-hybridized carbons (Fsp3) is 0.400. The molecule has 0 saturated heterocycles. The third-order valence-electron chi connectivity index (χ3n) is 1.97. The number of phenolic OH excluding ortho intramolecular Hbond substituents is 1. The van der Waals surface area contributed by atoms with E-state index in [2.05, 4.69) is 10.2 Å². The summed E-state index contributed by atoms with van der Waals surface area (Å²) in [5, 5.41) is 17.1. The van der Waals surface area contributed by atoms with Gasteiger partial charge in [-0.15, -0.1) is 0 Å². The lowest BCUT2D eigenvalue weighted by molar-refractivity contribution is 0.475. The van der Waals surface area contributed by atoms with E-state index in [9.17, 15) is 0 Å². The van der Waals surface area contributed by atoms with Crippen molar-refractivity contribution in [3.8, 4) is 5.75 Å². The number of rotatable bonds is 3. The van der Waals surface area contributed by atoms with Crippen LogP contribution in [0.2, 0.25) is 0 Å². The van der Waals surface area contributed by atoms with Crippen LogP contribution < -0.4 is 5.73 Å². The number of hydrogen-bond donors (Lipinski definition) is 2. The Kier molecular flexibility index (Phi) is 3.59. The van der Waals surface area contributed by atoms with Crippen LogP contribution in [0.4, 0.5) is 5.69 Å². The average molecular weight is 193 g/mol. The molecule has 1 unspecified atom stereocenters. The smallest absolute Gasteiger partial charge is 0.115 e. The molecule has 0 aromatic heterocycles. The van der Waals surface area contributed by atoms with Crippen molar-refractivity contribution < 1.29 is 5.11 Å². The molecule has 0 heterocycles. The van der Waals surface area contributed by atoms with Crippen molar-refractivity contribution >= 4 is 5.69 Å². The standard InChI is InChI=1S/C10H15N3O/c1-7(11)8(2)12-13-9-3-5-10(14)6-4-9/h3-8,14H,11H2,1-2H3/b13-12+/t7-,8?/m0/s1. The number of hydrogen-bond acceptors (Lipinski definition) is 4. The predicted octanol–water partition coefficient (Wildman–Crippen LogP) is 2.21. The Labute approximate surface area is 83.5 Å². The molecule has 0 bridgehead atoms. The molecule has 1 aromatic rings. The molecule has 2 atom stereocenters. The second-order valence-corrected chi connectivity index (χ2v) is 3.33. The van der Waals surface area contributed by atoms with Crippen molar-refractivity contribution in [1.29, 1.82) is 0 Å². The van der Waals surface area contributed by atoms with Crippen LogP contribution in [-0.4, -0.2) is 17.2 Å². The van der Waals surface area contributed by atoms with Gasteiger partial charge in [0.05, 0.1) is 11.7 Å². The Morgan fingerprint density at radius 3 is 2.29 bits per heavy atom. The topological polar surface area (TPSA) is 71.0 Å². The van der Waals surface area contributed by atoms with Gasteiger partial charge in [-0.25, -0.2) is 0 Å². The number of aromatic hydroxyl groups is 1. The largest absolute Gasteiger partial charge is 0.508 e. The minimum Gasteiger partial charge on any atom is -0.508 e. The first-order valence-electron chi connectivity index (χ1n) is 4.55. The van der Waals surface area contributed by atoms with E-state index in [1.807, 2.05) is 13.8 Å². The molecule has 0 spiro atoms. The van der Waals surface area contributed by atoms with Gasteiger partial charge in [0, 0.05) is 6.04 Å². The molecule has 0 amide bonds. The zero-order chi connectivity index (χ0) is 10.6. The summed E-state index contributed by atoms with van der Waals surface area (Å²) in [6.45, 7) is 3.80. The molecule has 0 aliphatic heterocycles. The fourth-order valence-electron chi connectivity index (χ4n) is 0.782. The van der Waals surface area contributed by atoms with Gasteiger partial charge < -0.3 is 10.8 Å². The molecule has 4 nitrogen and oxygen atoms in total. The van der Waals surface area contributed by atoms with Crippen LogP contribution in [0.15, 0.2) is 34.5 Å². The Balaban J connectivity index is 2.64. The van der Waals surface area contributed by atoms with Crippen LogP contribution in [0.25, 0.3) is 0 Å². The Hall–Kier alpha value is -1.42. The van der Waals surface area contributed by atoms with Crippen molar-refractivity contribution in [3.63, 3.8) is 0 Å². The summed E-state index contributed by atoms with van der Waals surface area (Å²) in [7, 11) is 0. The van der Waals surface area contributed by atoms with E-state index < -0.39 is 0 Å². The number of nitrogens with two attached hydrogens (primary N) is 1. The van der Waals surface area contributed by atoms with E-state index in [1.165, 1.54) is 0 Å². The lowest BCUT2D eigenvalue weighted by Crippen LogP contribution is -2.26. The summed E-state index contributed by atoms with van der Waals surface area (Å²) in [6.07, 6.45) is 0. The zero-order valence-corrected chi connectivity index (χ0v) is 8.38. The summed E-state index contributed by atoms with van der Waals surface area (Å²) >= 11 is 0. The van der Waals surface area contributed by atoms with Crippen molar-refractivity contribution in [1.82, 2.24) is 0 Å². The lowest BCUT2D eigenvalue weighted by Gasteiger charge is -2.07. The average Bonchev–Trinajstić information content (AvgIpc) is 2.16. The van der Waals surface area contributed by atoms with Crippen LogP contribution in [0, 0.1) is 0 Å². The summed E-state index contributed by atoms with van der Waals surface area (Å²) in [4.78, 5) is 0. The predicted molar refractivity (Wildman–Crippen MR) is 55.7 cm³/mol. The van der Waals surface area contributed by atoms with Crippen LogP contribution >= 0.6 is 0 Å². The highest BCUT2D eigenvalue weighted by molar-refractivity contribution is 5.39. The number of nitrogens with zero attached hydrogens (tertiary/aromatic N) is 2. The maximum Gasteiger partial charge on any atom is 0.115 e. The lowest BCUT2D eigenvalue weighted by atomic mass is 10.2. The van der Waals surface area contributed by atoms with Crippen LogP contribution in [-0.2, 0) is 0 Å². The second kappa shape index (κ2) is 4.72. The van der Waals surface area contributed by atoms with Gasteiger partial charge in [-0.1, -0.05) is 0 Å². The van der Waals surface area contributed by atoms with Crippen molar-refractivity contribution in [2.75, 3.05) is 0 Å². The molecule has 0 radical (unpaired) electrons. The Bertz CT molecular complexity index is 306. The highest BCUT2D eigenvalue weighted by atomic mass is 16.3. The first-order valence-corrected chi connectivity index (χ1v) is 4.55. The van der Waals surface area contributed by atoms with Gasteiger partial charge >= 0.3 is 0 Å². The molecule has 4 heteroatoms. The highest BCUT2D eigenvalue weighted by Crippen LogP contribution is 2.17. The molecule has 76 valence electrons. The molecule has 14 heavy (non-hydrogen) atoms. The molecule has 0 saturated carbocycles. The number of benzene rings is 1. The molecular weight excluding hydrogens is 178 g/mol. The summed E-state index contributed by atoms with van der Waals surface area (Å²) < 4.78 is 0. The van der Waals surface area contributed by atoms with Gasteiger partial charge in [0.25, 0.3) is 0 Å². The summed E-state index contributed by atoms with van der Waals surface area (Å²) in [6, 6.07) is 6.55. The van der Waals surface area contributed by atoms with Gasteiger partial charge in [0.1, 0.15) is 5.75 Å². The normalized spacial score (nSPS) is 15.6. The molecule has 1 rings (SSSR count). The van der Waals surface area contributed by atoms with Gasteiger partial charge in [-0.3, -0.25) is 0 Å². The first kappa shape index (κ1) is 10.7. The second-order valence-electron chi connectivity index (χ2n) is 3.33. The minimum atomic E-state index is -0.00383. The van der Waals surface area contributed by atoms with Crippen molar-refractivity contribution in [2.24, 2.45) is 16.0 Å². The van der Waals surface area contributed by atoms with Crippen LogP contribution in [0.5, 0.6) is 5.75 Å². The SMILES string of the molecule is CC(/N=N/c1ccc(O)cc1)[C@H](C)N. The third-order valence-corrected chi connectivity index (χ3v) is 1.97. The van der Waals surface area contributed by atoms with E-state index in [0.717, 1.165) is 5.69 Å². The van der Waals surface area contributed by atoms with Gasteiger partial charge in [0.2, 0.25) is 0 Å². The quantitative estimate of drug-likeness (QED) is 0.722. The number of azo groups is 1. The van der Waals surface area contributed by atoms with Gasteiger partial charge in [-0.05, 0) is 38.1 Å². The highest BCUT2D eigenvalue weighted by Gasteiger charge is 2.04. The van der Waals surface area contributed by atoms with E-state index >= 15 is 0 Å². The monoisotopic (exact) mass is 193 g/mol. The maximum absolute atomic E-state index is 9.03. The summed E-state index contributed by atoms with van der Waals surface area (Å²) in [5.41, 5.74) is 6.35. The molecule has 0 fully saturated rings. The van der Waals surface area contributed by atoms with Crippen LogP contribution in [0.1, 0.15) is 13.8 Å².